The minimum absolute atomic E-state index is 0.0339. The number of hydrogen-bond donors (Lipinski definition) is 1. The van der Waals surface area contributed by atoms with E-state index in [0.717, 1.165) is 24.0 Å². The van der Waals surface area contributed by atoms with E-state index in [1.165, 1.54) is 13.0 Å². The van der Waals surface area contributed by atoms with Crippen molar-refractivity contribution in [2.75, 3.05) is 7.11 Å². The molecule has 17 heavy (non-hydrogen) atoms. The van der Waals surface area contributed by atoms with E-state index in [2.05, 4.69) is 6.58 Å². The minimum Gasteiger partial charge on any atom is -0.507 e. The van der Waals surface area contributed by atoms with Gasteiger partial charge in [-0.15, -0.1) is 6.58 Å². The Bertz CT molecular complexity index is 447. The highest BCUT2D eigenvalue weighted by Gasteiger charge is 2.12. The van der Waals surface area contributed by atoms with Crippen molar-refractivity contribution in [1.29, 1.82) is 0 Å². The maximum atomic E-state index is 11.3. The Kier molecular flexibility index (Phi) is 4.32. The summed E-state index contributed by atoms with van der Waals surface area (Å²) < 4.78 is 5.19. The van der Waals surface area contributed by atoms with E-state index in [9.17, 15) is 9.90 Å². The van der Waals surface area contributed by atoms with Crippen molar-refractivity contribution < 1.29 is 14.6 Å². The zero-order valence-corrected chi connectivity index (χ0v) is 10.5. The summed E-state index contributed by atoms with van der Waals surface area (Å²) in [7, 11) is 1.55. The Morgan fingerprint density at radius 2 is 2.06 bits per heavy atom. The molecule has 0 aliphatic heterocycles. The maximum Gasteiger partial charge on any atom is 0.163 e. The Hall–Kier alpha value is -1.77. The van der Waals surface area contributed by atoms with Crippen LogP contribution in [0.1, 0.15) is 36.2 Å². The van der Waals surface area contributed by atoms with Crippen LogP contribution >= 0.6 is 0 Å². The number of carbonyl (C=O) groups is 1. The highest BCUT2D eigenvalue weighted by molar-refractivity contribution is 5.97. The Balaban J connectivity index is 3.12. The van der Waals surface area contributed by atoms with Gasteiger partial charge in [-0.1, -0.05) is 5.57 Å². The molecule has 1 rings (SSSR count). The third kappa shape index (κ3) is 3.34. The summed E-state index contributed by atoms with van der Waals surface area (Å²) in [6.07, 6.45) is 1.58. The predicted molar refractivity (Wildman–Crippen MR) is 67.8 cm³/mol. The highest BCUT2D eigenvalue weighted by atomic mass is 16.5. The van der Waals surface area contributed by atoms with Gasteiger partial charge in [0, 0.05) is 6.07 Å². The summed E-state index contributed by atoms with van der Waals surface area (Å²) in [4.78, 5) is 11.3. The average molecular weight is 234 g/mol. The second kappa shape index (κ2) is 5.53. The predicted octanol–water partition coefficient (Wildman–Crippen LogP) is 3.11. The Morgan fingerprint density at radius 1 is 1.41 bits per heavy atom. The molecule has 1 N–H and O–H groups in total. The lowest BCUT2D eigenvalue weighted by atomic mass is 10.0. The molecule has 0 radical (unpaired) electrons. The zero-order chi connectivity index (χ0) is 13.0. The van der Waals surface area contributed by atoms with Gasteiger partial charge in [-0.3, -0.25) is 4.79 Å². The monoisotopic (exact) mass is 234 g/mol. The number of phenols is 1. The second-order valence-corrected chi connectivity index (χ2v) is 4.19. The zero-order valence-electron chi connectivity index (χ0n) is 10.5. The van der Waals surface area contributed by atoms with Crippen molar-refractivity contribution in [3.8, 4) is 11.5 Å². The van der Waals surface area contributed by atoms with E-state index in [0.29, 0.717) is 11.3 Å². The molecule has 3 heteroatoms. The molecule has 0 aliphatic rings. The molecular weight excluding hydrogens is 216 g/mol. The smallest absolute Gasteiger partial charge is 0.163 e. The first-order valence-corrected chi connectivity index (χ1v) is 5.51. The average Bonchev–Trinajstić information content (AvgIpc) is 2.26. The van der Waals surface area contributed by atoms with Crippen LogP contribution in [0.5, 0.6) is 11.5 Å². The molecule has 0 aromatic heterocycles. The number of benzene rings is 1. The summed E-state index contributed by atoms with van der Waals surface area (Å²) in [5.74, 6) is 0.420. The first kappa shape index (κ1) is 13.3. The number of Topliss-reactive ketones (excluding diaryl/α,β-unsaturated/α-hetero) is 1. The van der Waals surface area contributed by atoms with Gasteiger partial charge in [-0.25, -0.2) is 0 Å². The van der Waals surface area contributed by atoms with E-state index in [1.807, 2.05) is 6.92 Å². The number of methoxy groups -OCH3 is 1. The van der Waals surface area contributed by atoms with Crippen molar-refractivity contribution in [2.24, 2.45) is 0 Å². The van der Waals surface area contributed by atoms with E-state index in [4.69, 9.17) is 4.74 Å². The van der Waals surface area contributed by atoms with E-state index >= 15 is 0 Å². The van der Waals surface area contributed by atoms with Gasteiger partial charge in [-0.2, -0.15) is 0 Å². The molecule has 0 spiro atoms. The summed E-state index contributed by atoms with van der Waals surface area (Å²) in [6, 6.07) is 3.18. The topological polar surface area (TPSA) is 46.5 Å². The molecule has 1 aromatic rings. The molecule has 0 atom stereocenters. The fourth-order valence-corrected chi connectivity index (χ4v) is 1.63. The lowest BCUT2D eigenvalue weighted by molar-refractivity contribution is 0.101. The molecule has 0 fully saturated rings. The van der Waals surface area contributed by atoms with E-state index in [1.54, 1.807) is 13.2 Å². The standard InChI is InChI=1S/C14H18O3/c1-9(2)5-6-11-7-12(10(3)15)13(16)8-14(11)17-4/h7-8,16H,1,5-6H2,2-4H3. The summed E-state index contributed by atoms with van der Waals surface area (Å²) in [5, 5.41) is 9.68. The van der Waals surface area contributed by atoms with Gasteiger partial charge in [0.2, 0.25) is 0 Å². The molecule has 92 valence electrons. The number of aromatic hydroxyl groups is 1. The molecule has 0 aliphatic carbocycles. The van der Waals surface area contributed by atoms with E-state index < -0.39 is 0 Å². The van der Waals surface area contributed by atoms with Crippen molar-refractivity contribution in [3.05, 3.63) is 35.4 Å². The number of ketones is 1. The molecule has 0 unspecified atom stereocenters. The molecule has 0 amide bonds. The number of allylic oxidation sites excluding steroid dienone is 1. The van der Waals surface area contributed by atoms with Crippen LogP contribution in [0.25, 0.3) is 0 Å². The summed E-state index contributed by atoms with van der Waals surface area (Å²) in [6.45, 7) is 7.24. The Labute approximate surface area is 102 Å². The minimum atomic E-state index is -0.151. The van der Waals surface area contributed by atoms with Crippen molar-refractivity contribution in [1.82, 2.24) is 0 Å². The summed E-state index contributed by atoms with van der Waals surface area (Å²) in [5.41, 5.74) is 2.32. The number of ether oxygens (including phenoxy) is 1. The van der Waals surface area contributed by atoms with Gasteiger partial charge in [0.05, 0.1) is 12.7 Å². The lowest BCUT2D eigenvalue weighted by Gasteiger charge is -2.11. The third-order valence-electron chi connectivity index (χ3n) is 2.60. The quantitative estimate of drug-likeness (QED) is 0.629. The molecule has 1 aromatic carbocycles. The van der Waals surface area contributed by atoms with Crippen LogP contribution in [0.4, 0.5) is 0 Å². The molecule has 0 bridgehead atoms. The number of rotatable bonds is 5. The number of hydrogen-bond acceptors (Lipinski definition) is 3. The molecule has 0 saturated carbocycles. The molecule has 0 saturated heterocycles. The van der Waals surface area contributed by atoms with Crippen molar-refractivity contribution in [2.45, 2.75) is 26.7 Å². The maximum absolute atomic E-state index is 11.3. The third-order valence-corrected chi connectivity index (χ3v) is 2.60. The Morgan fingerprint density at radius 3 is 2.53 bits per heavy atom. The van der Waals surface area contributed by atoms with Crippen LogP contribution in [0.15, 0.2) is 24.3 Å². The van der Waals surface area contributed by atoms with Gasteiger partial charge >= 0.3 is 0 Å². The fourth-order valence-electron chi connectivity index (χ4n) is 1.63. The fraction of sp³-hybridized carbons (Fsp3) is 0.357. The first-order chi connectivity index (χ1) is 7.95. The molecular formula is C14H18O3. The van der Waals surface area contributed by atoms with Crippen LogP contribution in [0.3, 0.4) is 0 Å². The van der Waals surface area contributed by atoms with Gasteiger partial charge in [0.25, 0.3) is 0 Å². The second-order valence-electron chi connectivity index (χ2n) is 4.19. The number of aryl methyl sites for hydroxylation is 1. The van der Waals surface area contributed by atoms with Crippen LogP contribution < -0.4 is 4.74 Å². The van der Waals surface area contributed by atoms with Gasteiger partial charge in [0.1, 0.15) is 11.5 Å². The van der Waals surface area contributed by atoms with Crippen LogP contribution in [-0.2, 0) is 6.42 Å². The summed E-state index contributed by atoms with van der Waals surface area (Å²) >= 11 is 0. The number of carbonyl (C=O) groups excluding carboxylic acids is 1. The van der Waals surface area contributed by atoms with Gasteiger partial charge < -0.3 is 9.84 Å². The number of phenolic OH excluding ortho intramolecular Hbond substituents is 1. The van der Waals surface area contributed by atoms with Crippen molar-refractivity contribution >= 4 is 5.78 Å². The van der Waals surface area contributed by atoms with Gasteiger partial charge in [0.15, 0.2) is 5.78 Å². The lowest BCUT2D eigenvalue weighted by Crippen LogP contribution is -1.99. The highest BCUT2D eigenvalue weighted by Crippen LogP contribution is 2.29. The molecule has 0 heterocycles. The van der Waals surface area contributed by atoms with Crippen LogP contribution in [-0.4, -0.2) is 18.0 Å². The normalized spacial score (nSPS) is 10.1. The van der Waals surface area contributed by atoms with Crippen LogP contribution in [0, 0.1) is 0 Å². The van der Waals surface area contributed by atoms with Crippen LogP contribution in [0.2, 0.25) is 0 Å². The van der Waals surface area contributed by atoms with E-state index in [-0.39, 0.29) is 11.5 Å². The first-order valence-electron chi connectivity index (χ1n) is 5.51. The SMILES string of the molecule is C=C(C)CCc1cc(C(C)=O)c(O)cc1OC. The molecule has 3 nitrogen and oxygen atoms in total. The van der Waals surface area contributed by atoms with Gasteiger partial charge in [-0.05, 0) is 38.3 Å². The van der Waals surface area contributed by atoms with Crippen molar-refractivity contribution in [3.63, 3.8) is 0 Å². The largest absolute Gasteiger partial charge is 0.507 e.